The maximum absolute atomic E-state index is 5.90. The number of ether oxygens (including phenoxy) is 1. The normalized spacial score (nSPS) is 10.7. The van der Waals surface area contributed by atoms with E-state index in [0.29, 0.717) is 6.61 Å². The summed E-state index contributed by atoms with van der Waals surface area (Å²) in [5.74, 6) is 2.39. The van der Waals surface area contributed by atoms with Gasteiger partial charge in [0.25, 0.3) is 0 Å². The van der Waals surface area contributed by atoms with Gasteiger partial charge in [-0.1, -0.05) is 59.9 Å². The second-order valence-electron chi connectivity index (χ2n) is 8.53. The van der Waals surface area contributed by atoms with Gasteiger partial charge in [0.15, 0.2) is 5.13 Å². The monoisotopic (exact) mass is 493 g/mol. The van der Waals surface area contributed by atoms with Gasteiger partial charge in [0.05, 0.1) is 10.6 Å². The summed E-state index contributed by atoms with van der Waals surface area (Å²) in [4.78, 5) is 16.9. The molecule has 5 rings (SSSR count). The molecule has 0 saturated carbocycles. The molecule has 180 valence electrons. The van der Waals surface area contributed by atoms with Gasteiger partial charge < -0.3 is 15.0 Å². The summed E-state index contributed by atoms with van der Waals surface area (Å²) in [5.41, 5.74) is 4.37. The van der Waals surface area contributed by atoms with Crippen molar-refractivity contribution < 1.29 is 4.74 Å². The molecular weight excluding hydrogens is 466 g/mol. The highest BCUT2D eigenvalue weighted by Crippen LogP contribution is 2.31. The summed E-state index contributed by atoms with van der Waals surface area (Å²) < 4.78 is 5.90. The number of anilines is 3. The van der Waals surface area contributed by atoms with Crippen molar-refractivity contribution >= 4 is 28.1 Å². The van der Waals surface area contributed by atoms with Crippen LogP contribution in [-0.4, -0.2) is 22.0 Å². The smallest absolute Gasteiger partial charge is 0.185 e. The highest BCUT2D eigenvalue weighted by molar-refractivity contribution is 7.18. The molecule has 0 unspecified atom stereocenters. The number of pyridine rings is 2. The Hall–Kier alpha value is -4.23. The molecule has 2 aromatic carbocycles. The maximum Gasteiger partial charge on any atom is 0.185 e. The van der Waals surface area contributed by atoms with Crippen molar-refractivity contribution in [3.8, 4) is 16.3 Å². The van der Waals surface area contributed by atoms with Gasteiger partial charge in [-0.25, -0.2) is 15.0 Å². The first-order valence-electron chi connectivity index (χ1n) is 11.7. The molecule has 0 aliphatic heterocycles. The lowest BCUT2D eigenvalue weighted by Crippen LogP contribution is -2.15. The molecule has 5 aromatic rings. The fourth-order valence-corrected chi connectivity index (χ4v) is 4.56. The molecule has 0 atom stereocenters. The molecule has 36 heavy (non-hydrogen) atoms. The summed E-state index contributed by atoms with van der Waals surface area (Å²) in [6.45, 7) is 3.36. The molecule has 6 nitrogen and oxygen atoms in total. The lowest BCUT2D eigenvalue weighted by molar-refractivity contribution is 0.306. The lowest BCUT2D eigenvalue weighted by Gasteiger charge is -2.16. The number of nitrogens with zero attached hydrogens (tertiary/aromatic N) is 4. The highest BCUT2D eigenvalue weighted by atomic mass is 32.1. The molecule has 7 heteroatoms. The van der Waals surface area contributed by atoms with Crippen LogP contribution in [0.25, 0.3) is 10.6 Å². The molecule has 0 bridgehead atoms. The number of hydrogen-bond donors (Lipinski definition) is 1. The first kappa shape index (κ1) is 23.5. The second kappa shape index (κ2) is 11.0. The van der Waals surface area contributed by atoms with E-state index in [1.54, 1.807) is 17.5 Å². The minimum atomic E-state index is 0.564. The van der Waals surface area contributed by atoms with Gasteiger partial charge >= 0.3 is 0 Å². The van der Waals surface area contributed by atoms with E-state index in [1.807, 2.05) is 73.8 Å². The van der Waals surface area contributed by atoms with Crippen LogP contribution in [0.15, 0.2) is 97.3 Å². The Morgan fingerprint density at radius 1 is 0.861 bits per heavy atom. The third-order valence-corrected chi connectivity index (χ3v) is 6.72. The third kappa shape index (κ3) is 6.06. The van der Waals surface area contributed by atoms with Crippen molar-refractivity contribution in [2.45, 2.75) is 20.1 Å². The van der Waals surface area contributed by atoms with E-state index in [4.69, 9.17) is 9.72 Å². The number of hydrogen-bond acceptors (Lipinski definition) is 7. The number of rotatable bonds is 9. The molecule has 0 spiro atoms. The molecule has 0 aliphatic carbocycles. The van der Waals surface area contributed by atoms with Crippen LogP contribution in [0.5, 0.6) is 5.75 Å². The summed E-state index contributed by atoms with van der Waals surface area (Å²) in [7, 11) is 2.05. The van der Waals surface area contributed by atoms with Crippen LogP contribution in [0, 0.1) is 6.92 Å². The molecule has 3 aromatic heterocycles. The van der Waals surface area contributed by atoms with E-state index in [-0.39, 0.29) is 0 Å². The van der Waals surface area contributed by atoms with Crippen LogP contribution in [0.3, 0.4) is 0 Å². The number of nitrogens with one attached hydrogen (secondary N) is 1. The molecule has 0 amide bonds. The first-order valence-corrected chi connectivity index (χ1v) is 12.5. The SMILES string of the molecule is Cc1ccnc(Nc2cccc(-c3cnc(N(C)Cc4ccc(OCc5ccccc5)cc4)s3)n2)c1. The highest BCUT2D eigenvalue weighted by Gasteiger charge is 2.11. The van der Waals surface area contributed by atoms with Crippen molar-refractivity contribution in [3.63, 3.8) is 0 Å². The Morgan fingerprint density at radius 3 is 2.50 bits per heavy atom. The molecule has 0 aliphatic rings. The predicted octanol–water partition coefficient (Wildman–Crippen LogP) is 6.87. The molecule has 1 N–H and O–H groups in total. The van der Waals surface area contributed by atoms with Crippen LogP contribution in [0.2, 0.25) is 0 Å². The fraction of sp³-hybridized carbons (Fsp3) is 0.138. The molecule has 0 saturated heterocycles. The zero-order chi connectivity index (χ0) is 24.7. The van der Waals surface area contributed by atoms with Crippen molar-refractivity contribution in [2.75, 3.05) is 17.3 Å². The van der Waals surface area contributed by atoms with Gasteiger partial charge in [-0.3, -0.25) is 0 Å². The van der Waals surface area contributed by atoms with Gasteiger partial charge in [-0.15, -0.1) is 0 Å². The van der Waals surface area contributed by atoms with Gasteiger partial charge in [0, 0.05) is 26.0 Å². The predicted molar refractivity (Wildman–Crippen MR) is 147 cm³/mol. The Kier molecular flexibility index (Phi) is 7.19. The standard InChI is InChI=1S/C29H27N5OS/c1-21-15-16-30-28(17-21)33-27-10-6-9-25(32-27)26-18-31-29(36-26)34(2)19-22-11-13-24(14-12-22)35-20-23-7-4-3-5-8-23/h3-18H,19-20H2,1-2H3,(H,30,32,33). The van der Waals surface area contributed by atoms with E-state index in [2.05, 4.69) is 51.5 Å². The Morgan fingerprint density at radius 2 is 1.69 bits per heavy atom. The van der Waals surface area contributed by atoms with Gasteiger partial charge in [0.1, 0.15) is 24.0 Å². The Bertz CT molecular complexity index is 1420. The number of thiazole rings is 1. The summed E-state index contributed by atoms with van der Waals surface area (Å²) >= 11 is 1.62. The second-order valence-corrected chi connectivity index (χ2v) is 9.54. The number of benzene rings is 2. The zero-order valence-corrected chi connectivity index (χ0v) is 21.1. The first-order chi connectivity index (χ1) is 17.6. The molecular formula is C29H27N5OS. The fourth-order valence-electron chi connectivity index (χ4n) is 3.71. The lowest BCUT2D eigenvalue weighted by atomic mass is 10.2. The summed E-state index contributed by atoms with van der Waals surface area (Å²) in [6.07, 6.45) is 3.67. The van der Waals surface area contributed by atoms with E-state index >= 15 is 0 Å². The number of aromatic nitrogens is 3. The largest absolute Gasteiger partial charge is 0.489 e. The summed E-state index contributed by atoms with van der Waals surface area (Å²) in [5, 5.41) is 4.22. The van der Waals surface area contributed by atoms with Crippen molar-refractivity contribution in [1.82, 2.24) is 15.0 Å². The summed E-state index contributed by atoms with van der Waals surface area (Å²) in [6, 6.07) is 28.3. The molecule has 3 heterocycles. The van der Waals surface area contributed by atoms with Gasteiger partial charge in [-0.2, -0.15) is 0 Å². The van der Waals surface area contributed by atoms with Crippen molar-refractivity contribution in [2.24, 2.45) is 0 Å². The average molecular weight is 494 g/mol. The van der Waals surface area contributed by atoms with Crippen LogP contribution in [0.4, 0.5) is 16.8 Å². The average Bonchev–Trinajstić information content (AvgIpc) is 3.40. The van der Waals surface area contributed by atoms with E-state index in [9.17, 15) is 0 Å². The van der Waals surface area contributed by atoms with E-state index in [0.717, 1.165) is 50.8 Å². The van der Waals surface area contributed by atoms with Gasteiger partial charge in [-0.05, 0) is 60.0 Å². The Balaban J connectivity index is 1.20. The van der Waals surface area contributed by atoms with Gasteiger partial charge in [0.2, 0.25) is 0 Å². The molecule has 0 fully saturated rings. The van der Waals surface area contributed by atoms with E-state index in [1.165, 1.54) is 5.56 Å². The minimum Gasteiger partial charge on any atom is -0.489 e. The van der Waals surface area contributed by atoms with Crippen LogP contribution < -0.4 is 15.0 Å². The zero-order valence-electron chi connectivity index (χ0n) is 20.3. The van der Waals surface area contributed by atoms with E-state index < -0.39 is 0 Å². The maximum atomic E-state index is 5.90. The Labute approximate surface area is 215 Å². The number of aryl methyl sites for hydroxylation is 1. The van der Waals surface area contributed by atoms with Crippen LogP contribution in [-0.2, 0) is 13.2 Å². The third-order valence-electron chi connectivity index (χ3n) is 5.58. The van der Waals surface area contributed by atoms with Crippen LogP contribution >= 0.6 is 11.3 Å². The molecule has 0 radical (unpaired) electrons. The van der Waals surface area contributed by atoms with Crippen molar-refractivity contribution in [1.29, 1.82) is 0 Å². The quantitative estimate of drug-likeness (QED) is 0.242. The van der Waals surface area contributed by atoms with Crippen molar-refractivity contribution in [3.05, 3.63) is 114 Å². The topological polar surface area (TPSA) is 63.2 Å². The minimum absolute atomic E-state index is 0.564. The van der Waals surface area contributed by atoms with Crippen LogP contribution in [0.1, 0.15) is 16.7 Å².